The van der Waals surface area contributed by atoms with Crippen molar-refractivity contribution < 1.29 is 0 Å². The molecule has 1 aromatic heterocycles. The SMILES string of the molecule is CC(c1ccccc1)c1ncc(Cc2ccc(Br)cc2)[nH]1. The van der Waals surface area contributed by atoms with Gasteiger partial charge < -0.3 is 4.98 Å². The van der Waals surface area contributed by atoms with Crippen molar-refractivity contribution in [3.05, 3.63) is 87.9 Å². The third kappa shape index (κ3) is 3.42. The fourth-order valence-corrected chi connectivity index (χ4v) is 2.67. The molecule has 3 heteroatoms. The molecule has 2 nitrogen and oxygen atoms in total. The van der Waals surface area contributed by atoms with Gasteiger partial charge in [-0.3, -0.25) is 0 Å². The highest BCUT2D eigenvalue weighted by Gasteiger charge is 2.11. The average molecular weight is 341 g/mol. The number of rotatable bonds is 4. The van der Waals surface area contributed by atoms with Gasteiger partial charge in [-0.25, -0.2) is 4.98 Å². The number of benzene rings is 2. The molecule has 0 spiro atoms. The number of imidazole rings is 1. The molecule has 3 aromatic rings. The van der Waals surface area contributed by atoms with Crippen LogP contribution in [0.1, 0.15) is 35.5 Å². The Bertz CT molecular complexity index is 702. The molecule has 0 saturated heterocycles. The fourth-order valence-electron chi connectivity index (χ4n) is 2.41. The fraction of sp³-hybridized carbons (Fsp3) is 0.167. The number of nitrogens with one attached hydrogen (secondary N) is 1. The number of halogens is 1. The summed E-state index contributed by atoms with van der Waals surface area (Å²) >= 11 is 3.46. The minimum atomic E-state index is 0.282. The third-order valence-electron chi connectivity index (χ3n) is 3.67. The minimum Gasteiger partial charge on any atom is -0.345 e. The molecule has 21 heavy (non-hydrogen) atoms. The van der Waals surface area contributed by atoms with Crippen LogP contribution in [0.25, 0.3) is 0 Å². The molecule has 0 aliphatic rings. The lowest BCUT2D eigenvalue weighted by atomic mass is 10.0. The molecule has 0 saturated carbocycles. The number of aromatic amines is 1. The van der Waals surface area contributed by atoms with E-state index in [1.54, 1.807) is 0 Å². The van der Waals surface area contributed by atoms with Gasteiger partial charge in [-0.2, -0.15) is 0 Å². The lowest BCUT2D eigenvalue weighted by Crippen LogP contribution is -1.98. The second-order valence-corrected chi connectivity index (χ2v) is 6.14. The number of hydrogen-bond acceptors (Lipinski definition) is 1. The molecule has 0 amide bonds. The largest absolute Gasteiger partial charge is 0.345 e. The molecule has 1 N–H and O–H groups in total. The van der Waals surface area contributed by atoms with Gasteiger partial charge in [-0.15, -0.1) is 0 Å². The number of H-pyrrole nitrogens is 1. The van der Waals surface area contributed by atoms with Gasteiger partial charge >= 0.3 is 0 Å². The van der Waals surface area contributed by atoms with E-state index < -0.39 is 0 Å². The van der Waals surface area contributed by atoms with E-state index in [1.807, 2.05) is 12.3 Å². The van der Waals surface area contributed by atoms with Crippen molar-refractivity contribution in [2.45, 2.75) is 19.3 Å². The summed E-state index contributed by atoms with van der Waals surface area (Å²) in [6, 6.07) is 18.9. The van der Waals surface area contributed by atoms with Gasteiger partial charge in [-0.1, -0.05) is 65.3 Å². The molecule has 0 bridgehead atoms. The first-order chi connectivity index (χ1) is 10.2. The summed E-state index contributed by atoms with van der Waals surface area (Å²) in [5.41, 5.74) is 3.71. The van der Waals surface area contributed by atoms with Crippen LogP contribution in [0.5, 0.6) is 0 Å². The maximum atomic E-state index is 4.54. The summed E-state index contributed by atoms with van der Waals surface area (Å²) in [7, 11) is 0. The van der Waals surface area contributed by atoms with Crippen molar-refractivity contribution in [1.82, 2.24) is 9.97 Å². The zero-order valence-electron chi connectivity index (χ0n) is 11.9. The highest BCUT2D eigenvalue weighted by molar-refractivity contribution is 9.10. The molecule has 3 rings (SSSR count). The lowest BCUT2D eigenvalue weighted by Gasteiger charge is -2.08. The topological polar surface area (TPSA) is 28.7 Å². The summed E-state index contributed by atoms with van der Waals surface area (Å²) in [5.74, 6) is 1.30. The Morgan fingerprint density at radius 1 is 1.05 bits per heavy atom. The Kier molecular flexibility index (Phi) is 4.20. The summed E-state index contributed by atoms with van der Waals surface area (Å²) in [6.07, 6.45) is 2.82. The summed E-state index contributed by atoms with van der Waals surface area (Å²) in [6.45, 7) is 2.18. The van der Waals surface area contributed by atoms with Gasteiger partial charge in [0, 0.05) is 28.7 Å². The van der Waals surface area contributed by atoms with Crippen LogP contribution in [0, 0.1) is 0 Å². The van der Waals surface area contributed by atoms with Crippen LogP contribution in [-0.2, 0) is 6.42 Å². The lowest BCUT2D eigenvalue weighted by molar-refractivity contribution is 0.834. The van der Waals surface area contributed by atoms with Crippen molar-refractivity contribution in [1.29, 1.82) is 0 Å². The Morgan fingerprint density at radius 2 is 1.76 bits per heavy atom. The average Bonchev–Trinajstić information content (AvgIpc) is 2.98. The number of nitrogens with zero attached hydrogens (tertiary/aromatic N) is 1. The minimum absolute atomic E-state index is 0.282. The first-order valence-corrected chi connectivity index (χ1v) is 7.85. The quantitative estimate of drug-likeness (QED) is 0.717. The molecule has 1 atom stereocenters. The second-order valence-electron chi connectivity index (χ2n) is 5.23. The van der Waals surface area contributed by atoms with E-state index in [2.05, 4.69) is 81.4 Å². The highest BCUT2D eigenvalue weighted by Crippen LogP contribution is 2.22. The predicted molar refractivity (Wildman–Crippen MR) is 89.5 cm³/mol. The van der Waals surface area contributed by atoms with Crippen LogP contribution in [-0.4, -0.2) is 9.97 Å². The van der Waals surface area contributed by atoms with Crippen molar-refractivity contribution >= 4 is 15.9 Å². The molecular formula is C18H17BrN2. The van der Waals surface area contributed by atoms with Crippen LogP contribution in [0.2, 0.25) is 0 Å². The molecule has 1 heterocycles. The first kappa shape index (κ1) is 14.1. The predicted octanol–water partition coefficient (Wildman–Crippen LogP) is 4.91. The van der Waals surface area contributed by atoms with Gasteiger partial charge in [-0.05, 0) is 23.3 Å². The molecule has 2 aromatic carbocycles. The Labute approximate surface area is 133 Å². The highest BCUT2D eigenvalue weighted by atomic mass is 79.9. The Balaban J connectivity index is 1.75. The molecule has 0 radical (unpaired) electrons. The van der Waals surface area contributed by atoms with Gasteiger partial charge in [0.05, 0.1) is 0 Å². The number of aromatic nitrogens is 2. The smallest absolute Gasteiger partial charge is 0.113 e. The number of hydrogen-bond donors (Lipinski definition) is 1. The Hall–Kier alpha value is -1.87. The normalized spacial score (nSPS) is 12.3. The van der Waals surface area contributed by atoms with Crippen LogP contribution < -0.4 is 0 Å². The van der Waals surface area contributed by atoms with E-state index in [0.717, 1.165) is 22.4 Å². The van der Waals surface area contributed by atoms with Crippen LogP contribution in [0.4, 0.5) is 0 Å². The monoisotopic (exact) mass is 340 g/mol. The molecular weight excluding hydrogens is 324 g/mol. The van der Waals surface area contributed by atoms with Gasteiger partial charge in [0.1, 0.15) is 5.82 Å². The molecule has 0 fully saturated rings. The van der Waals surface area contributed by atoms with Crippen molar-refractivity contribution in [2.24, 2.45) is 0 Å². The molecule has 1 unspecified atom stereocenters. The maximum absolute atomic E-state index is 4.54. The third-order valence-corrected chi connectivity index (χ3v) is 4.19. The zero-order valence-corrected chi connectivity index (χ0v) is 13.5. The summed E-state index contributed by atoms with van der Waals surface area (Å²) in [5, 5.41) is 0. The van der Waals surface area contributed by atoms with E-state index in [1.165, 1.54) is 11.1 Å². The van der Waals surface area contributed by atoms with Gasteiger partial charge in [0.2, 0.25) is 0 Å². The maximum Gasteiger partial charge on any atom is 0.113 e. The van der Waals surface area contributed by atoms with Gasteiger partial charge in [0.15, 0.2) is 0 Å². The first-order valence-electron chi connectivity index (χ1n) is 7.05. The van der Waals surface area contributed by atoms with E-state index in [0.29, 0.717) is 0 Å². The van der Waals surface area contributed by atoms with Crippen LogP contribution >= 0.6 is 15.9 Å². The zero-order chi connectivity index (χ0) is 14.7. The van der Waals surface area contributed by atoms with Crippen LogP contribution in [0.3, 0.4) is 0 Å². The summed E-state index contributed by atoms with van der Waals surface area (Å²) < 4.78 is 1.11. The standard InChI is InChI=1S/C18H17BrN2/c1-13(15-5-3-2-4-6-15)18-20-12-17(21-18)11-14-7-9-16(19)10-8-14/h2-10,12-13H,11H2,1H3,(H,20,21). The molecule has 0 aliphatic carbocycles. The Morgan fingerprint density at radius 3 is 2.48 bits per heavy atom. The molecule has 106 valence electrons. The second kappa shape index (κ2) is 6.27. The van der Waals surface area contributed by atoms with Crippen molar-refractivity contribution in [3.63, 3.8) is 0 Å². The van der Waals surface area contributed by atoms with E-state index in [-0.39, 0.29) is 5.92 Å². The van der Waals surface area contributed by atoms with E-state index in [4.69, 9.17) is 0 Å². The molecule has 0 aliphatic heterocycles. The van der Waals surface area contributed by atoms with E-state index >= 15 is 0 Å². The van der Waals surface area contributed by atoms with Crippen molar-refractivity contribution in [3.8, 4) is 0 Å². The van der Waals surface area contributed by atoms with Crippen LogP contribution in [0.15, 0.2) is 65.3 Å². The van der Waals surface area contributed by atoms with Gasteiger partial charge in [0.25, 0.3) is 0 Å². The summed E-state index contributed by atoms with van der Waals surface area (Å²) in [4.78, 5) is 7.99. The van der Waals surface area contributed by atoms with Crippen molar-refractivity contribution in [2.75, 3.05) is 0 Å². The van der Waals surface area contributed by atoms with E-state index in [9.17, 15) is 0 Å².